The molecule has 4 atom stereocenters. The van der Waals surface area contributed by atoms with E-state index in [0.717, 1.165) is 31.4 Å². The number of amides is 1. The maximum Gasteiger partial charge on any atom is 0.416 e. The minimum Gasteiger partial charge on any atom is -0.443 e. The largest absolute Gasteiger partial charge is 0.443 e. The average Bonchev–Trinajstić information content (AvgIpc) is 3.53. The highest BCUT2D eigenvalue weighted by Crippen LogP contribution is 2.40. The number of aliphatic hydroxyl groups excluding tert-OH is 1. The van der Waals surface area contributed by atoms with Crippen molar-refractivity contribution >= 4 is 29.0 Å². The van der Waals surface area contributed by atoms with Gasteiger partial charge in [0.1, 0.15) is 29.4 Å². The van der Waals surface area contributed by atoms with Crippen molar-refractivity contribution in [2.45, 2.75) is 109 Å². The van der Waals surface area contributed by atoms with Crippen LogP contribution < -0.4 is 4.90 Å². The molecule has 5 rings (SSSR count). The molecule has 36 heavy (non-hydrogen) atoms. The standard InChI is InChI=1S/C25H35ClN4O6/c1-24(2,3)36-23(32)29(14-8-6-7-9-14)21-16-11-10-15(30(16)28-22(26)27-21)12-17-19-20(18(13-31)33-17)35-25(4,5)34-19/h10-11,14,17-20,31H,6-9,12-13H2,1-5H3/t17-,18-,19+,20-/m1/s1. The zero-order valence-electron chi connectivity index (χ0n) is 21.4. The third kappa shape index (κ3) is 4.93. The average molecular weight is 523 g/mol. The van der Waals surface area contributed by atoms with Gasteiger partial charge in [0.2, 0.25) is 5.28 Å². The molecule has 2 aromatic rings. The molecular weight excluding hydrogens is 488 g/mol. The van der Waals surface area contributed by atoms with Gasteiger partial charge >= 0.3 is 6.09 Å². The van der Waals surface area contributed by atoms with Crippen LogP contribution in [0, 0.1) is 0 Å². The van der Waals surface area contributed by atoms with Crippen molar-refractivity contribution in [3.8, 4) is 0 Å². The minimum atomic E-state index is -0.750. The number of hydrogen-bond acceptors (Lipinski definition) is 8. The summed E-state index contributed by atoms with van der Waals surface area (Å²) in [7, 11) is 0. The molecule has 1 N–H and O–H groups in total. The third-order valence-corrected chi connectivity index (χ3v) is 7.05. The van der Waals surface area contributed by atoms with Crippen molar-refractivity contribution in [1.29, 1.82) is 0 Å². The first kappa shape index (κ1) is 25.7. The van der Waals surface area contributed by atoms with Gasteiger partial charge < -0.3 is 24.1 Å². The van der Waals surface area contributed by atoms with Gasteiger partial charge in [-0.15, -0.1) is 5.10 Å². The molecule has 0 unspecified atom stereocenters. The topological polar surface area (TPSA) is 108 Å². The first-order valence-corrected chi connectivity index (χ1v) is 13.0. The summed E-state index contributed by atoms with van der Waals surface area (Å²) < 4.78 is 25.7. The first-order chi connectivity index (χ1) is 17.0. The lowest BCUT2D eigenvalue weighted by Crippen LogP contribution is -2.43. The molecule has 1 amide bonds. The molecule has 2 aliphatic heterocycles. The molecule has 2 aromatic heterocycles. The summed E-state index contributed by atoms with van der Waals surface area (Å²) in [6.07, 6.45) is 2.34. The summed E-state index contributed by atoms with van der Waals surface area (Å²) in [6.45, 7) is 9.10. The summed E-state index contributed by atoms with van der Waals surface area (Å²) in [4.78, 5) is 19.5. The minimum absolute atomic E-state index is 0.0246. The summed E-state index contributed by atoms with van der Waals surface area (Å²) in [5.41, 5.74) is 0.830. The quantitative estimate of drug-likeness (QED) is 0.630. The number of hydrogen-bond donors (Lipinski definition) is 1. The van der Waals surface area contributed by atoms with Gasteiger partial charge in [-0.3, -0.25) is 4.90 Å². The number of aromatic nitrogens is 3. The van der Waals surface area contributed by atoms with Crippen LogP contribution in [0.15, 0.2) is 12.1 Å². The maximum absolute atomic E-state index is 13.4. The summed E-state index contributed by atoms with van der Waals surface area (Å²) in [5, 5.41) is 14.3. The molecule has 1 aliphatic carbocycles. The third-order valence-electron chi connectivity index (χ3n) is 6.89. The molecule has 0 spiro atoms. The molecule has 11 heteroatoms. The molecule has 198 valence electrons. The Hall–Kier alpha value is -1.98. The van der Waals surface area contributed by atoms with E-state index in [1.165, 1.54) is 0 Å². The predicted octanol–water partition coefficient (Wildman–Crippen LogP) is 3.89. The molecule has 4 heterocycles. The Morgan fingerprint density at radius 3 is 2.53 bits per heavy atom. The second-order valence-electron chi connectivity index (χ2n) is 11.3. The highest BCUT2D eigenvalue weighted by atomic mass is 35.5. The number of carbonyl (C=O) groups excluding carboxylic acids is 1. The van der Waals surface area contributed by atoms with Crippen molar-refractivity contribution in [3.63, 3.8) is 0 Å². The van der Waals surface area contributed by atoms with E-state index >= 15 is 0 Å². The Kier molecular flexibility index (Phi) is 6.70. The summed E-state index contributed by atoms with van der Waals surface area (Å²) in [5.74, 6) is -0.317. The number of anilines is 1. The van der Waals surface area contributed by atoms with Crippen molar-refractivity contribution in [2.24, 2.45) is 0 Å². The van der Waals surface area contributed by atoms with E-state index in [1.807, 2.05) is 46.8 Å². The second-order valence-corrected chi connectivity index (χ2v) is 11.6. The lowest BCUT2D eigenvalue weighted by molar-refractivity contribution is -0.190. The highest BCUT2D eigenvalue weighted by molar-refractivity contribution is 6.28. The Balaban J connectivity index is 1.49. The van der Waals surface area contributed by atoms with Crippen LogP contribution in [0.25, 0.3) is 5.52 Å². The number of nitrogens with zero attached hydrogens (tertiary/aromatic N) is 4. The van der Waals surface area contributed by atoms with E-state index in [1.54, 1.807) is 9.42 Å². The SMILES string of the molecule is CC(C)(C)OC(=O)N(c1nc(Cl)nn2c(C[C@H]3O[C@H](CO)[C@H]4OC(C)(C)O[C@H]43)ccc12)C1CCCC1. The van der Waals surface area contributed by atoms with Gasteiger partial charge in [0.05, 0.1) is 12.7 Å². The Morgan fingerprint density at radius 1 is 1.22 bits per heavy atom. The van der Waals surface area contributed by atoms with Gasteiger partial charge in [0.25, 0.3) is 0 Å². The molecule has 0 aromatic carbocycles. The molecule has 1 saturated carbocycles. The predicted molar refractivity (Wildman–Crippen MR) is 132 cm³/mol. The van der Waals surface area contributed by atoms with E-state index in [4.69, 9.17) is 30.5 Å². The van der Waals surface area contributed by atoms with Gasteiger partial charge in [-0.05, 0) is 71.2 Å². The van der Waals surface area contributed by atoms with Crippen LogP contribution in [-0.4, -0.2) is 74.3 Å². The first-order valence-electron chi connectivity index (χ1n) is 12.6. The zero-order valence-corrected chi connectivity index (χ0v) is 22.2. The molecular formula is C25H35ClN4O6. The normalized spacial score (nSPS) is 28.1. The Labute approximate surface area is 215 Å². The van der Waals surface area contributed by atoms with Gasteiger partial charge in [-0.25, -0.2) is 9.31 Å². The number of rotatable bonds is 5. The summed E-state index contributed by atoms with van der Waals surface area (Å²) in [6, 6.07) is 3.79. The van der Waals surface area contributed by atoms with Crippen molar-refractivity contribution < 1.29 is 28.8 Å². The van der Waals surface area contributed by atoms with E-state index in [-0.39, 0.29) is 36.2 Å². The molecule has 3 fully saturated rings. The van der Waals surface area contributed by atoms with Crippen molar-refractivity contribution in [1.82, 2.24) is 14.6 Å². The van der Waals surface area contributed by atoms with Crippen LogP contribution in [0.1, 0.15) is 66.0 Å². The highest BCUT2D eigenvalue weighted by Gasteiger charge is 2.54. The van der Waals surface area contributed by atoms with Crippen LogP contribution in [0.3, 0.4) is 0 Å². The van der Waals surface area contributed by atoms with Gasteiger partial charge in [-0.2, -0.15) is 4.98 Å². The number of halogens is 1. The Morgan fingerprint density at radius 2 is 1.89 bits per heavy atom. The number of fused-ring (bicyclic) bond motifs is 2. The fraction of sp³-hybridized carbons (Fsp3) is 0.720. The maximum atomic E-state index is 13.4. The lowest BCUT2D eigenvalue weighted by atomic mass is 10.0. The van der Waals surface area contributed by atoms with Crippen LogP contribution in [0.5, 0.6) is 0 Å². The van der Waals surface area contributed by atoms with Crippen LogP contribution in [0.2, 0.25) is 5.28 Å². The van der Waals surface area contributed by atoms with Gasteiger partial charge in [0, 0.05) is 18.2 Å². The fourth-order valence-electron chi connectivity index (χ4n) is 5.51. The number of carbonyl (C=O) groups is 1. The van der Waals surface area contributed by atoms with Crippen molar-refractivity contribution in [2.75, 3.05) is 11.5 Å². The smallest absolute Gasteiger partial charge is 0.416 e. The van der Waals surface area contributed by atoms with E-state index < -0.39 is 23.6 Å². The molecule has 2 saturated heterocycles. The van der Waals surface area contributed by atoms with E-state index in [9.17, 15) is 9.90 Å². The number of ether oxygens (including phenoxy) is 4. The zero-order chi connectivity index (χ0) is 25.8. The van der Waals surface area contributed by atoms with Crippen LogP contribution in [-0.2, 0) is 25.4 Å². The van der Waals surface area contributed by atoms with E-state index in [0.29, 0.717) is 17.8 Å². The summed E-state index contributed by atoms with van der Waals surface area (Å²) >= 11 is 6.40. The molecule has 0 radical (unpaired) electrons. The number of aliphatic hydroxyl groups is 1. The molecule has 0 bridgehead atoms. The lowest BCUT2D eigenvalue weighted by Gasteiger charge is -2.31. The monoisotopic (exact) mass is 522 g/mol. The Bertz CT molecular complexity index is 1130. The molecule has 3 aliphatic rings. The van der Waals surface area contributed by atoms with Crippen molar-refractivity contribution in [3.05, 3.63) is 23.1 Å². The fourth-order valence-corrected chi connectivity index (χ4v) is 5.67. The van der Waals surface area contributed by atoms with Crippen LogP contribution >= 0.6 is 11.6 Å². The second kappa shape index (κ2) is 9.40. The molecule has 10 nitrogen and oxygen atoms in total. The van der Waals surface area contributed by atoms with Gasteiger partial charge in [0.15, 0.2) is 11.6 Å². The van der Waals surface area contributed by atoms with Crippen LogP contribution in [0.4, 0.5) is 10.6 Å². The van der Waals surface area contributed by atoms with E-state index in [2.05, 4.69) is 10.1 Å². The van der Waals surface area contributed by atoms with Gasteiger partial charge in [-0.1, -0.05) is 12.8 Å².